The Morgan fingerprint density at radius 1 is 0.815 bits per heavy atom. The molecule has 0 rings (SSSR count). The van der Waals surface area contributed by atoms with Gasteiger partial charge in [0.2, 0.25) is 0 Å². The molecule has 1 atom stereocenters. The van der Waals surface area contributed by atoms with Crippen molar-refractivity contribution in [2.45, 2.75) is 109 Å². The fourth-order valence-electron chi connectivity index (χ4n) is 2.87. The molecule has 0 aromatic carbocycles. The van der Waals surface area contributed by atoms with E-state index in [1.54, 1.807) is 0 Å². The Labute approximate surface area is 165 Å². The van der Waals surface area contributed by atoms with E-state index in [9.17, 15) is 14.7 Å². The van der Waals surface area contributed by atoms with Gasteiger partial charge in [-0.3, -0.25) is 4.79 Å². The van der Waals surface area contributed by atoms with Crippen LogP contribution in [0.2, 0.25) is 0 Å². The number of aliphatic hydroxyl groups excluding tert-OH is 1. The van der Waals surface area contributed by atoms with Gasteiger partial charge in [-0.15, -0.1) is 0 Å². The van der Waals surface area contributed by atoms with Crippen molar-refractivity contribution >= 4 is 11.9 Å². The lowest BCUT2D eigenvalue weighted by atomic mass is 10.1. The topological polar surface area (TPSA) is 83.8 Å². The van der Waals surface area contributed by atoms with Crippen LogP contribution in [0.25, 0.3) is 0 Å². The van der Waals surface area contributed by atoms with Gasteiger partial charge >= 0.3 is 11.9 Å². The average molecular weight is 385 g/mol. The summed E-state index contributed by atoms with van der Waals surface area (Å²) in [5.41, 5.74) is 0. The molecule has 158 valence electrons. The Morgan fingerprint density at radius 3 is 1.81 bits per heavy atom. The van der Waals surface area contributed by atoms with Gasteiger partial charge in [0.25, 0.3) is 0 Å². The largest absolute Gasteiger partial charge is 0.481 e. The monoisotopic (exact) mass is 384 g/mol. The zero-order chi connectivity index (χ0) is 20.2. The maximum atomic E-state index is 11.3. The maximum absolute atomic E-state index is 11.3. The molecule has 0 saturated heterocycles. The number of hydrogen-bond donors (Lipinski definition) is 2. The van der Waals surface area contributed by atoms with Crippen LogP contribution in [0, 0.1) is 0 Å². The molecular weight excluding hydrogens is 344 g/mol. The van der Waals surface area contributed by atoms with Gasteiger partial charge in [0.15, 0.2) is 6.10 Å². The van der Waals surface area contributed by atoms with E-state index in [1.807, 2.05) is 0 Å². The van der Waals surface area contributed by atoms with Crippen LogP contribution in [0.1, 0.15) is 103 Å². The molecule has 0 aliphatic rings. The van der Waals surface area contributed by atoms with E-state index in [0.717, 1.165) is 25.7 Å². The standard InChI is InChI=1S/C22H40O5/c1-2-3-4-5-6-7-8-9-10-11-12-13-14-15-16-17-18-27-22(26)20(23)19-21(24)25/h9-10,20,23H,2-8,11-19H2,1H3,(H,24,25)/b10-9-. The molecule has 1 unspecified atom stereocenters. The number of ether oxygens (including phenoxy) is 1. The van der Waals surface area contributed by atoms with Gasteiger partial charge in [0.05, 0.1) is 13.0 Å². The summed E-state index contributed by atoms with van der Waals surface area (Å²) in [4.78, 5) is 21.7. The molecule has 0 heterocycles. The van der Waals surface area contributed by atoms with Crippen molar-refractivity contribution in [3.63, 3.8) is 0 Å². The number of carbonyl (C=O) groups excluding carboxylic acids is 1. The lowest BCUT2D eigenvalue weighted by Crippen LogP contribution is -2.26. The second-order valence-electron chi connectivity index (χ2n) is 7.22. The number of esters is 1. The Kier molecular flexibility index (Phi) is 18.4. The fourth-order valence-corrected chi connectivity index (χ4v) is 2.87. The predicted octanol–water partition coefficient (Wildman–Crippen LogP) is 5.40. The van der Waals surface area contributed by atoms with Crippen LogP contribution in [-0.4, -0.2) is 34.9 Å². The highest BCUT2D eigenvalue weighted by Crippen LogP contribution is 2.10. The van der Waals surface area contributed by atoms with Gasteiger partial charge in [-0.2, -0.15) is 0 Å². The Balaban J connectivity index is 3.28. The van der Waals surface area contributed by atoms with Crippen LogP contribution in [0.15, 0.2) is 12.2 Å². The number of hydrogen-bond acceptors (Lipinski definition) is 4. The Morgan fingerprint density at radius 2 is 1.30 bits per heavy atom. The van der Waals surface area contributed by atoms with Crippen LogP contribution < -0.4 is 0 Å². The number of aliphatic hydroxyl groups is 1. The van der Waals surface area contributed by atoms with Crippen molar-refractivity contribution in [2.75, 3.05) is 6.61 Å². The molecule has 0 fully saturated rings. The minimum absolute atomic E-state index is 0.247. The quantitative estimate of drug-likeness (QED) is 0.177. The molecule has 27 heavy (non-hydrogen) atoms. The molecule has 0 radical (unpaired) electrons. The summed E-state index contributed by atoms with van der Waals surface area (Å²) >= 11 is 0. The lowest BCUT2D eigenvalue weighted by Gasteiger charge is -2.08. The molecule has 0 aliphatic carbocycles. The highest BCUT2D eigenvalue weighted by Gasteiger charge is 2.19. The van der Waals surface area contributed by atoms with Gasteiger partial charge in [-0.1, -0.05) is 76.9 Å². The Bertz CT molecular complexity index is 392. The summed E-state index contributed by atoms with van der Waals surface area (Å²) in [6.45, 7) is 2.50. The van der Waals surface area contributed by atoms with Crippen molar-refractivity contribution in [1.82, 2.24) is 0 Å². The number of carboxylic acid groups (broad SMARTS) is 1. The summed E-state index contributed by atoms with van der Waals surface area (Å²) in [7, 11) is 0. The number of allylic oxidation sites excluding steroid dienone is 2. The first-order valence-electron chi connectivity index (χ1n) is 10.8. The van der Waals surface area contributed by atoms with Crippen LogP contribution in [0.4, 0.5) is 0 Å². The lowest BCUT2D eigenvalue weighted by molar-refractivity contribution is -0.158. The first-order chi connectivity index (χ1) is 13.1. The number of carbonyl (C=O) groups is 2. The van der Waals surface area contributed by atoms with Crippen LogP contribution in [0.3, 0.4) is 0 Å². The predicted molar refractivity (Wildman–Crippen MR) is 109 cm³/mol. The molecule has 0 aliphatic heterocycles. The zero-order valence-electron chi connectivity index (χ0n) is 17.2. The van der Waals surface area contributed by atoms with E-state index in [4.69, 9.17) is 9.84 Å². The van der Waals surface area contributed by atoms with Crippen molar-refractivity contribution in [3.8, 4) is 0 Å². The Hall–Kier alpha value is -1.36. The number of rotatable bonds is 19. The van der Waals surface area contributed by atoms with Crippen molar-refractivity contribution in [1.29, 1.82) is 0 Å². The van der Waals surface area contributed by atoms with Gasteiger partial charge < -0.3 is 14.9 Å². The third-order valence-corrected chi connectivity index (χ3v) is 4.54. The minimum atomic E-state index is -1.56. The van der Waals surface area contributed by atoms with E-state index in [0.29, 0.717) is 0 Å². The summed E-state index contributed by atoms with van der Waals surface area (Å²) in [6.07, 6.45) is 19.4. The van der Waals surface area contributed by atoms with Crippen LogP contribution in [0.5, 0.6) is 0 Å². The second-order valence-corrected chi connectivity index (χ2v) is 7.22. The highest BCUT2D eigenvalue weighted by molar-refractivity contribution is 5.80. The summed E-state index contributed by atoms with van der Waals surface area (Å²) in [5, 5.41) is 17.7. The van der Waals surface area contributed by atoms with Gasteiger partial charge in [-0.25, -0.2) is 4.79 Å². The van der Waals surface area contributed by atoms with Crippen LogP contribution >= 0.6 is 0 Å². The van der Waals surface area contributed by atoms with Crippen molar-refractivity contribution < 1.29 is 24.5 Å². The smallest absolute Gasteiger partial charge is 0.335 e. The molecule has 5 heteroatoms. The second kappa shape index (κ2) is 19.4. The average Bonchev–Trinajstić information content (AvgIpc) is 2.63. The normalized spacial score (nSPS) is 12.4. The summed E-state index contributed by atoms with van der Waals surface area (Å²) in [5.74, 6) is -2.05. The van der Waals surface area contributed by atoms with Crippen molar-refractivity contribution in [3.05, 3.63) is 12.2 Å². The number of carboxylic acids is 1. The van der Waals surface area contributed by atoms with E-state index >= 15 is 0 Å². The first kappa shape index (κ1) is 25.6. The third kappa shape index (κ3) is 19.2. The van der Waals surface area contributed by atoms with E-state index in [-0.39, 0.29) is 6.61 Å². The molecule has 0 amide bonds. The number of aliphatic carboxylic acids is 1. The maximum Gasteiger partial charge on any atom is 0.335 e. The third-order valence-electron chi connectivity index (χ3n) is 4.54. The number of unbranched alkanes of at least 4 members (excludes halogenated alkanes) is 12. The van der Waals surface area contributed by atoms with Crippen LogP contribution in [-0.2, 0) is 14.3 Å². The SMILES string of the molecule is CCCCCCCC/C=C\CCCCCCCCOC(=O)C(O)CC(=O)O. The van der Waals surface area contributed by atoms with Crippen molar-refractivity contribution in [2.24, 2.45) is 0 Å². The van der Waals surface area contributed by atoms with E-state index in [1.165, 1.54) is 64.2 Å². The molecule has 0 saturated carbocycles. The molecule has 2 N–H and O–H groups in total. The highest BCUT2D eigenvalue weighted by atomic mass is 16.5. The molecule has 0 bridgehead atoms. The van der Waals surface area contributed by atoms with Gasteiger partial charge in [0, 0.05) is 0 Å². The molecule has 5 nitrogen and oxygen atoms in total. The zero-order valence-corrected chi connectivity index (χ0v) is 17.2. The summed E-state index contributed by atoms with van der Waals surface area (Å²) in [6, 6.07) is 0. The molecular formula is C22H40O5. The molecule has 0 aromatic heterocycles. The van der Waals surface area contributed by atoms with Gasteiger partial charge in [0.1, 0.15) is 0 Å². The van der Waals surface area contributed by atoms with E-state index < -0.39 is 24.5 Å². The van der Waals surface area contributed by atoms with Gasteiger partial charge in [-0.05, 0) is 32.1 Å². The minimum Gasteiger partial charge on any atom is -0.481 e. The van der Waals surface area contributed by atoms with E-state index in [2.05, 4.69) is 19.1 Å². The molecule has 0 spiro atoms. The summed E-state index contributed by atoms with van der Waals surface area (Å²) < 4.78 is 4.86. The first-order valence-corrected chi connectivity index (χ1v) is 10.8. The fraction of sp³-hybridized carbons (Fsp3) is 0.818. The molecule has 0 aromatic rings.